The first kappa shape index (κ1) is 18.7. The zero-order valence-corrected chi connectivity index (χ0v) is 16.4. The lowest BCUT2D eigenvalue weighted by Gasteiger charge is -2.38. The lowest BCUT2D eigenvalue weighted by Crippen LogP contribution is -2.45. The Kier molecular flexibility index (Phi) is 5.20. The molecule has 1 aliphatic heterocycles. The van der Waals surface area contributed by atoms with E-state index < -0.39 is 5.41 Å². The first-order chi connectivity index (χ1) is 13.6. The minimum Gasteiger partial charge on any atom is -0.385 e. The fourth-order valence-corrected chi connectivity index (χ4v) is 4.13. The Labute approximate surface area is 169 Å². The van der Waals surface area contributed by atoms with Gasteiger partial charge in [-0.1, -0.05) is 35.9 Å². The molecule has 3 aromatic rings. The number of anilines is 2. The fraction of sp³-hybridized carbons (Fsp3) is 0.273. The number of carbonyl (C=O) groups is 1. The Morgan fingerprint density at radius 3 is 3.00 bits per heavy atom. The van der Waals surface area contributed by atoms with Gasteiger partial charge in [0.05, 0.1) is 17.3 Å². The first-order valence-corrected chi connectivity index (χ1v) is 9.69. The summed E-state index contributed by atoms with van der Waals surface area (Å²) in [5.41, 5.74) is 1.84. The number of rotatable bonds is 5. The van der Waals surface area contributed by atoms with Crippen LogP contribution in [0.5, 0.6) is 0 Å². The van der Waals surface area contributed by atoms with E-state index in [1.165, 1.54) is 0 Å². The minimum absolute atomic E-state index is 0.0623. The molecule has 4 rings (SSSR count). The van der Waals surface area contributed by atoms with E-state index in [1.54, 1.807) is 19.5 Å². The molecule has 0 saturated heterocycles. The van der Waals surface area contributed by atoms with Crippen LogP contribution in [0.15, 0.2) is 54.9 Å². The van der Waals surface area contributed by atoms with Gasteiger partial charge in [-0.25, -0.2) is 0 Å². The monoisotopic (exact) mass is 395 g/mol. The molecule has 1 atom stereocenters. The summed E-state index contributed by atoms with van der Waals surface area (Å²) in [6.45, 7) is 1.19. The number of carbonyl (C=O) groups excluding carboxylic acids is 1. The van der Waals surface area contributed by atoms with E-state index in [0.29, 0.717) is 36.7 Å². The van der Waals surface area contributed by atoms with Crippen molar-refractivity contribution < 1.29 is 9.53 Å². The van der Waals surface area contributed by atoms with Gasteiger partial charge in [-0.2, -0.15) is 0 Å². The first-order valence-electron chi connectivity index (χ1n) is 9.31. The maximum atomic E-state index is 13.6. The molecule has 2 heterocycles. The number of benzene rings is 2. The van der Waals surface area contributed by atoms with Crippen LogP contribution in [-0.4, -0.2) is 31.2 Å². The van der Waals surface area contributed by atoms with Gasteiger partial charge < -0.3 is 15.4 Å². The summed E-state index contributed by atoms with van der Waals surface area (Å²) < 4.78 is 5.34. The molecule has 1 amide bonds. The van der Waals surface area contributed by atoms with Gasteiger partial charge in [0.1, 0.15) is 0 Å². The molecule has 0 aliphatic carbocycles. The molecule has 2 aromatic carbocycles. The zero-order chi connectivity index (χ0) is 19.6. The number of ether oxygens (including phenoxy) is 1. The number of nitrogens with zero attached hydrogens (tertiary/aromatic N) is 1. The number of methoxy groups -OCH3 is 1. The molecule has 0 saturated carbocycles. The maximum Gasteiger partial charge on any atom is 0.235 e. The summed E-state index contributed by atoms with van der Waals surface area (Å²) >= 11 is 6.28. The van der Waals surface area contributed by atoms with E-state index in [0.717, 1.165) is 22.0 Å². The highest BCUT2D eigenvalue weighted by molar-refractivity contribution is 6.30. The van der Waals surface area contributed by atoms with Crippen LogP contribution >= 0.6 is 11.6 Å². The summed E-state index contributed by atoms with van der Waals surface area (Å²) in [6.07, 6.45) is 4.73. The van der Waals surface area contributed by atoms with Gasteiger partial charge in [0.25, 0.3) is 0 Å². The van der Waals surface area contributed by atoms with Crippen LogP contribution in [0, 0.1) is 0 Å². The van der Waals surface area contributed by atoms with Gasteiger partial charge in [-0.15, -0.1) is 0 Å². The van der Waals surface area contributed by atoms with E-state index >= 15 is 0 Å². The molecule has 1 aliphatic rings. The van der Waals surface area contributed by atoms with Crippen molar-refractivity contribution in [3.8, 4) is 0 Å². The summed E-state index contributed by atoms with van der Waals surface area (Å²) in [5, 5.41) is 9.08. The number of aromatic nitrogens is 1. The Morgan fingerprint density at radius 1 is 1.29 bits per heavy atom. The van der Waals surface area contributed by atoms with Crippen molar-refractivity contribution in [1.29, 1.82) is 0 Å². The van der Waals surface area contributed by atoms with Crippen LogP contribution in [0.4, 0.5) is 11.4 Å². The van der Waals surface area contributed by atoms with Crippen molar-refractivity contribution in [2.75, 3.05) is 30.9 Å². The number of nitrogens with one attached hydrogen (secondary N) is 2. The van der Waals surface area contributed by atoms with Crippen LogP contribution < -0.4 is 10.6 Å². The molecular weight excluding hydrogens is 374 g/mol. The second-order valence-corrected chi connectivity index (χ2v) is 7.49. The summed E-state index contributed by atoms with van der Waals surface area (Å²) in [4.78, 5) is 17.9. The largest absolute Gasteiger partial charge is 0.385 e. The molecule has 5 nitrogen and oxygen atoms in total. The molecule has 6 heteroatoms. The number of hydrogen-bond acceptors (Lipinski definition) is 4. The Balaban J connectivity index is 1.77. The standard InChI is InChI=1S/C22H22ClN3O2/c1-28-11-9-22(8-10-25-19-7-6-16(23)12-18(19)22)21(27)26-20-14-24-13-15-4-2-3-5-17(15)20/h2-7,12-14,25H,8-11H2,1H3,(H,26,27)/t22-/m0/s1. The van der Waals surface area contributed by atoms with Crippen LogP contribution in [0.3, 0.4) is 0 Å². The van der Waals surface area contributed by atoms with Gasteiger partial charge in [-0.3, -0.25) is 9.78 Å². The quantitative estimate of drug-likeness (QED) is 0.661. The van der Waals surface area contributed by atoms with Crippen molar-refractivity contribution >= 4 is 39.7 Å². The van der Waals surface area contributed by atoms with E-state index in [2.05, 4.69) is 15.6 Å². The van der Waals surface area contributed by atoms with Crippen molar-refractivity contribution in [1.82, 2.24) is 4.98 Å². The summed E-state index contributed by atoms with van der Waals surface area (Å²) in [5.74, 6) is -0.0623. The van der Waals surface area contributed by atoms with Gasteiger partial charge >= 0.3 is 0 Å². The highest BCUT2D eigenvalue weighted by Crippen LogP contribution is 2.42. The molecule has 0 unspecified atom stereocenters. The highest BCUT2D eigenvalue weighted by atomic mass is 35.5. The Hall–Kier alpha value is -2.63. The average molecular weight is 396 g/mol. The third kappa shape index (κ3) is 3.32. The Bertz CT molecular complexity index is 1020. The molecule has 0 spiro atoms. The predicted octanol–water partition coefficient (Wildman–Crippen LogP) is 4.62. The number of pyridine rings is 1. The fourth-order valence-electron chi connectivity index (χ4n) is 3.96. The van der Waals surface area contributed by atoms with Crippen LogP contribution in [-0.2, 0) is 14.9 Å². The smallest absolute Gasteiger partial charge is 0.235 e. The highest BCUT2D eigenvalue weighted by Gasteiger charge is 2.43. The lowest BCUT2D eigenvalue weighted by atomic mass is 9.71. The second kappa shape index (κ2) is 7.78. The van der Waals surface area contributed by atoms with Gasteiger partial charge in [0, 0.05) is 47.9 Å². The molecule has 144 valence electrons. The van der Waals surface area contributed by atoms with Crippen molar-refractivity contribution in [2.24, 2.45) is 0 Å². The van der Waals surface area contributed by atoms with Crippen molar-refractivity contribution in [2.45, 2.75) is 18.3 Å². The maximum absolute atomic E-state index is 13.6. The van der Waals surface area contributed by atoms with Crippen LogP contribution in [0.25, 0.3) is 10.8 Å². The predicted molar refractivity (Wildman–Crippen MR) is 113 cm³/mol. The summed E-state index contributed by atoms with van der Waals surface area (Å²) in [7, 11) is 1.65. The van der Waals surface area contributed by atoms with Crippen LogP contribution in [0.1, 0.15) is 18.4 Å². The lowest BCUT2D eigenvalue weighted by molar-refractivity contribution is -0.122. The van der Waals surface area contributed by atoms with Crippen LogP contribution in [0.2, 0.25) is 5.02 Å². The molecule has 2 N–H and O–H groups in total. The second-order valence-electron chi connectivity index (χ2n) is 7.05. The third-order valence-electron chi connectivity index (χ3n) is 5.45. The van der Waals surface area contributed by atoms with Gasteiger partial charge in [0.2, 0.25) is 5.91 Å². The minimum atomic E-state index is -0.724. The SMILES string of the molecule is COCC[C@@]1(C(=O)Nc2cncc3ccccc23)CCNc2ccc(Cl)cc21. The molecule has 1 aromatic heterocycles. The zero-order valence-electron chi connectivity index (χ0n) is 15.7. The third-order valence-corrected chi connectivity index (χ3v) is 5.68. The van der Waals surface area contributed by atoms with Gasteiger partial charge in [-0.05, 0) is 36.6 Å². The molecule has 0 fully saturated rings. The molecular formula is C22H22ClN3O2. The molecule has 0 bridgehead atoms. The van der Waals surface area contributed by atoms with Crippen molar-refractivity contribution in [3.63, 3.8) is 0 Å². The number of amides is 1. The van der Waals surface area contributed by atoms with E-state index in [4.69, 9.17) is 16.3 Å². The normalized spacial score (nSPS) is 18.4. The topological polar surface area (TPSA) is 63.2 Å². The van der Waals surface area contributed by atoms with Gasteiger partial charge in [0.15, 0.2) is 0 Å². The van der Waals surface area contributed by atoms with Crippen molar-refractivity contribution in [3.05, 3.63) is 65.4 Å². The van der Waals surface area contributed by atoms with E-state index in [1.807, 2.05) is 42.5 Å². The Morgan fingerprint density at radius 2 is 2.14 bits per heavy atom. The average Bonchev–Trinajstić information content (AvgIpc) is 2.72. The molecule has 28 heavy (non-hydrogen) atoms. The van der Waals surface area contributed by atoms with E-state index in [-0.39, 0.29) is 5.91 Å². The number of hydrogen-bond donors (Lipinski definition) is 2. The number of halogens is 1. The van der Waals surface area contributed by atoms with E-state index in [9.17, 15) is 4.79 Å². The summed E-state index contributed by atoms with van der Waals surface area (Å²) in [6, 6.07) is 13.6. The molecule has 0 radical (unpaired) electrons. The number of fused-ring (bicyclic) bond motifs is 2.